The lowest BCUT2D eigenvalue weighted by atomic mass is 10.2. The van der Waals surface area contributed by atoms with Crippen molar-refractivity contribution in [2.45, 2.75) is 6.92 Å². The summed E-state index contributed by atoms with van der Waals surface area (Å²) >= 11 is 5.93. The Bertz CT molecular complexity index is 859. The first-order valence-corrected chi connectivity index (χ1v) is 7.65. The van der Waals surface area contributed by atoms with Crippen LogP contribution in [0.1, 0.15) is 5.56 Å². The maximum Gasteiger partial charge on any atom is 0.243 e. The number of hydrogen-bond donors (Lipinski definition) is 2. The SMILES string of the molecule is Cc1cc(Cl)ccc1NCC(=O)Nc1cccc2cccnc12. The van der Waals surface area contributed by atoms with E-state index in [1.807, 2.05) is 49.4 Å². The van der Waals surface area contributed by atoms with Crippen LogP contribution in [0.25, 0.3) is 10.9 Å². The standard InChI is InChI=1S/C18H16ClN3O/c1-12-10-14(19)7-8-15(12)21-11-17(23)22-16-6-2-4-13-5-3-9-20-18(13)16/h2-10,21H,11H2,1H3,(H,22,23). The molecule has 0 spiro atoms. The molecule has 1 amide bonds. The Labute approximate surface area is 139 Å². The minimum absolute atomic E-state index is 0.127. The van der Waals surface area contributed by atoms with Gasteiger partial charge < -0.3 is 10.6 Å². The van der Waals surface area contributed by atoms with Gasteiger partial charge in [0.25, 0.3) is 0 Å². The fraction of sp³-hybridized carbons (Fsp3) is 0.111. The van der Waals surface area contributed by atoms with Gasteiger partial charge in [0.2, 0.25) is 5.91 Å². The van der Waals surface area contributed by atoms with Crippen molar-refractivity contribution in [1.82, 2.24) is 4.98 Å². The smallest absolute Gasteiger partial charge is 0.243 e. The molecule has 0 aliphatic rings. The van der Waals surface area contributed by atoms with Gasteiger partial charge in [-0.3, -0.25) is 9.78 Å². The number of benzene rings is 2. The molecular weight excluding hydrogens is 310 g/mol. The summed E-state index contributed by atoms with van der Waals surface area (Å²) in [5.74, 6) is -0.127. The molecule has 3 rings (SSSR count). The van der Waals surface area contributed by atoms with Gasteiger partial charge in [-0.25, -0.2) is 0 Å². The molecule has 0 unspecified atom stereocenters. The average Bonchev–Trinajstić information content (AvgIpc) is 2.54. The number of para-hydroxylation sites is 1. The van der Waals surface area contributed by atoms with E-state index in [2.05, 4.69) is 15.6 Å². The fourth-order valence-electron chi connectivity index (χ4n) is 2.40. The van der Waals surface area contributed by atoms with Gasteiger partial charge in [-0.05, 0) is 42.8 Å². The van der Waals surface area contributed by atoms with E-state index >= 15 is 0 Å². The number of pyridine rings is 1. The number of aromatic nitrogens is 1. The van der Waals surface area contributed by atoms with Gasteiger partial charge >= 0.3 is 0 Å². The molecule has 0 saturated heterocycles. The van der Waals surface area contributed by atoms with E-state index in [-0.39, 0.29) is 12.5 Å². The van der Waals surface area contributed by atoms with Crippen molar-refractivity contribution in [1.29, 1.82) is 0 Å². The summed E-state index contributed by atoms with van der Waals surface area (Å²) in [5.41, 5.74) is 3.38. The third-order valence-electron chi connectivity index (χ3n) is 3.53. The van der Waals surface area contributed by atoms with Crippen LogP contribution >= 0.6 is 11.6 Å². The monoisotopic (exact) mass is 325 g/mol. The maximum atomic E-state index is 12.2. The minimum atomic E-state index is -0.127. The number of nitrogens with zero attached hydrogens (tertiary/aromatic N) is 1. The molecule has 0 atom stereocenters. The number of halogens is 1. The highest BCUT2D eigenvalue weighted by atomic mass is 35.5. The molecule has 0 bridgehead atoms. The summed E-state index contributed by atoms with van der Waals surface area (Å²) in [5, 5.41) is 7.69. The zero-order valence-corrected chi connectivity index (χ0v) is 13.4. The van der Waals surface area contributed by atoms with Crippen LogP contribution in [0.2, 0.25) is 5.02 Å². The third kappa shape index (κ3) is 3.60. The normalized spacial score (nSPS) is 10.5. The van der Waals surface area contributed by atoms with Crippen molar-refractivity contribution in [3.8, 4) is 0 Å². The highest BCUT2D eigenvalue weighted by molar-refractivity contribution is 6.30. The van der Waals surface area contributed by atoms with Crippen molar-refractivity contribution < 1.29 is 4.79 Å². The Morgan fingerprint density at radius 2 is 1.96 bits per heavy atom. The van der Waals surface area contributed by atoms with Gasteiger partial charge in [0.1, 0.15) is 0 Å². The molecule has 5 heteroatoms. The van der Waals surface area contributed by atoms with Crippen LogP contribution in [0.4, 0.5) is 11.4 Å². The van der Waals surface area contributed by atoms with Gasteiger partial charge in [-0.15, -0.1) is 0 Å². The Morgan fingerprint density at radius 1 is 1.13 bits per heavy atom. The zero-order valence-electron chi connectivity index (χ0n) is 12.6. The van der Waals surface area contributed by atoms with E-state index in [0.717, 1.165) is 22.2 Å². The molecular formula is C18H16ClN3O. The van der Waals surface area contributed by atoms with E-state index in [1.165, 1.54) is 0 Å². The topological polar surface area (TPSA) is 54.0 Å². The summed E-state index contributed by atoms with van der Waals surface area (Å²) in [6, 6.07) is 15.1. The second-order valence-corrected chi connectivity index (χ2v) is 5.68. The van der Waals surface area contributed by atoms with E-state index in [0.29, 0.717) is 10.7 Å². The lowest BCUT2D eigenvalue weighted by Crippen LogP contribution is -2.22. The van der Waals surface area contributed by atoms with Gasteiger partial charge in [0, 0.05) is 22.3 Å². The van der Waals surface area contributed by atoms with E-state index < -0.39 is 0 Å². The summed E-state index contributed by atoms with van der Waals surface area (Å²) < 4.78 is 0. The predicted molar refractivity (Wildman–Crippen MR) is 95.1 cm³/mol. The van der Waals surface area contributed by atoms with Gasteiger partial charge in [-0.2, -0.15) is 0 Å². The summed E-state index contributed by atoms with van der Waals surface area (Å²) in [6.45, 7) is 2.12. The van der Waals surface area contributed by atoms with Gasteiger partial charge in [0.15, 0.2) is 0 Å². The van der Waals surface area contributed by atoms with E-state index in [1.54, 1.807) is 12.3 Å². The fourth-order valence-corrected chi connectivity index (χ4v) is 2.63. The molecule has 0 aliphatic carbocycles. The largest absolute Gasteiger partial charge is 0.376 e. The number of carbonyl (C=O) groups excluding carboxylic acids is 1. The van der Waals surface area contributed by atoms with Crippen LogP contribution in [0.5, 0.6) is 0 Å². The number of aryl methyl sites for hydroxylation is 1. The van der Waals surface area contributed by atoms with Crippen LogP contribution < -0.4 is 10.6 Å². The number of rotatable bonds is 4. The predicted octanol–water partition coefficient (Wildman–Crippen LogP) is 4.25. The molecule has 2 N–H and O–H groups in total. The van der Waals surface area contributed by atoms with Crippen molar-refractivity contribution in [2.75, 3.05) is 17.2 Å². The lowest BCUT2D eigenvalue weighted by Gasteiger charge is -2.11. The van der Waals surface area contributed by atoms with Gasteiger partial charge in [-0.1, -0.05) is 29.8 Å². The number of carbonyl (C=O) groups is 1. The van der Waals surface area contributed by atoms with Crippen LogP contribution in [-0.4, -0.2) is 17.4 Å². The van der Waals surface area contributed by atoms with Crippen molar-refractivity contribution >= 4 is 39.8 Å². The average molecular weight is 326 g/mol. The Hall–Kier alpha value is -2.59. The number of amides is 1. The summed E-state index contributed by atoms with van der Waals surface area (Å²) in [4.78, 5) is 16.5. The highest BCUT2D eigenvalue weighted by Crippen LogP contribution is 2.21. The first kappa shape index (κ1) is 15.3. The molecule has 2 aromatic carbocycles. The first-order chi connectivity index (χ1) is 11.1. The second-order valence-electron chi connectivity index (χ2n) is 5.24. The number of hydrogen-bond acceptors (Lipinski definition) is 3. The molecule has 1 heterocycles. The quantitative estimate of drug-likeness (QED) is 0.754. The molecule has 116 valence electrons. The van der Waals surface area contributed by atoms with Crippen LogP contribution in [-0.2, 0) is 4.79 Å². The Morgan fingerprint density at radius 3 is 2.78 bits per heavy atom. The highest BCUT2D eigenvalue weighted by Gasteiger charge is 2.07. The van der Waals surface area contributed by atoms with Crippen LogP contribution in [0.15, 0.2) is 54.7 Å². The maximum absolute atomic E-state index is 12.2. The molecule has 0 fully saturated rings. The van der Waals surface area contributed by atoms with Gasteiger partial charge in [0.05, 0.1) is 17.7 Å². The number of anilines is 2. The number of nitrogens with one attached hydrogen (secondary N) is 2. The minimum Gasteiger partial charge on any atom is -0.376 e. The summed E-state index contributed by atoms with van der Waals surface area (Å²) in [6.07, 6.45) is 1.72. The molecule has 3 aromatic rings. The zero-order chi connectivity index (χ0) is 16.2. The van der Waals surface area contributed by atoms with E-state index in [4.69, 9.17) is 11.6 Å². The second kappa shape index (κ2) is 6.67. The van der Waals surface area contributed by atoms with Crippen LogP contribution in [0, 0.1) is 6.92 Å². The van der Waals surface area contributed by atoms with Crippen molar-refractivity contribution in [2.24, 2.45) is 0 Å². The van der Waals surface area contributed by atoms with Crippen molar-refractivity contribution in [3.63, 3.8) is 0 Å². The summed E-state index contributed by atoms with van der Waals surface area (Å²) in [7, 11) is 0. The molecule has 0 aliphatic heterocycles. The lowest BCUT2D eigenvalue weighted by molar-refractivity contribution is -0.114. The van der Waals surface area contributed by atoms with E-state index in [9.17, 15) is 4.79 Å². The molecule has 4 nitrogen and oxygen atoms in total. The molecule has 23 heavy (non-hydrogen) atoms. The molecule has 1 aromatic heterocycles. The molecule has 0 radical (unpaired) electrons. The third-order valence-corrected chi connectivity index (χ3v) is 3.77. The first-order valence-electron chi connectivity index (χ1n) is 7.27. The Balaban J connectivity index is 1.69. The number of fused-ring (bicyclic) bond motifs is 1. The molecule has 0 saturated carbocycles. The Kier molecular flexibility index (Phi) is 4.44. The van der Waals surface area contributed by atoms with Crippen LogP contribution in [0.3, 0.4) is 0 Å². The van der Waals surface area contributed by atoms with Crippen molar-refractivity contribution in [3.05, 3.63) is 65.3 Å².